The van der Waals surface area contributed by atoms with Crippen LogP contribution in [0.25, 0.3) is 0 Å². The fourth-order valence-corrected chi connectivity index (χ4v) is 1.63. The van der Waals surface area contributed by atoms with Gasteiger partial charge in [0.1, 0.15) is 6.61 Å². The molecule has 0 fully saturated rings. The predicted molar refractivity (Wildman–Crippen MR) is 71.5 cm³/mol. The van der Waals surface area contributed by atoms with E-state index in [9.17, 15) is 4.79 Å². The molecule has 0 amide bonds. The first-order valence-electron chi connectivity index (χ1n) is 6.40. The van der Waals surface area contributed by atoms with Crippen molar-refractivity contribution in [1.29, 1.82) is 0 Å². The maximum atomic E-state index is 11.5. The van der Waals surface area contributed by atoms with Gasteiger partial charge in [0.25, 0.3) is 0 Å². The summed E-state index contributed by atoms with van der Waals surface area (Å²) in [4.78, 5) is 11.5. The van der Waals surface area contributed by atoms with E-state index in [1.54, 1.807) is 0 Å². The Morgan fingerprint density at radius 1 is 1.28 bits per heavy atom. The monoisotopic (exact) mass is 250 g/mol. The summed E-state index contributed by atoms with van der Waals surface area (Å²) in [7, 11) is 0. The van der Waals surface area contributed by atoms with Crippen molar-refractivity contribution in [2.75, 3.05) is 13.2 Å². The first-order chi connectivity index (χ1) is 8.58. The summed E-state index contributed by atoms with van der Waals surface area (Å²) in [5.74, 6) is -0.163. The number of hydrogen-bond donors (Lipinski definition) is 0. The van der Waals surface area contributed by atoms with E-state index in [-0.39, 0.29) is 12.1 Å². The number of carbonyl (C=O) groups excluding carboxylic acids is 1. The highest BCUT2D eigenvalue weighted by molar-refractivity contribution is 5.69. The van der Waals surface area contributed by atoms with Gasteiger partial charge < -0.3 is 9.47 Å². The summed E-state index contributed by atoms with van der Waals surface area (Å²) in [6.07, 6.45) is 1.33. The van der Waals surface area contributed by atoms with Crippen molar-refractivity contribution in [1.82, 2.24) is 0 Å². The minimum atomic E-state index is -0.163. The second-order valence-electron chi connectivity index (χ2n) is 4.63. The smallest absolute Gasteiger partial charge is 0.306 e. The van der Waals surface area contributed by atoms with Gasteiger partial charge >= 0.3 is 5.97 Å². The van der Waals surface area contributed by atoms with Gasteiger partial charge in [-0.2, -0.15) is 0 Å². The van der Waals surface area contributed by atoms with Gasteiger partial charge in [-0.1, -0.05) is 29.8 Å². The third-order valence-corrected chi connectivity index (χ3v) is 2.50. The molecule has 0 unspecified atom stereocenters. The van der Waals surface area contributed by atoms with Crippen molar-refractivity contribution in [3.63, 3.8) is 0 Å². The molecular formula is C15H22O3. The lowest BCUT2D eigenvalue weighted by Gasteiger charge is -2.08. The topological polar surface area (TPSA) is 35.5 Å². The first kappa shape index (κ1) is 14.7. The van der Waals surface area contributed by atoms with E-state index >= 15 is 0 Å². The molecule has 18 heavy (non-hydrogen) atoms. The summed E-state index contributed by atoms with van der Waals surface area (Å²) in [6, 6.07) is 8.18. The molecule has 0 aliphatic carbocycles. The Bertz CT molecular complexity index is 372. The van der Waals surface area contributed by atoms with E-state index in [4.69, 9.17) is 9.47 Å². The van der Waals surface area contributed by atoms with Crippen LogP contribution in [0.1, 0.15) is 31.4 Å². The average molecular weight is 250 g/mol. The minimum Gasteiger partial charge on any atom is -0.463 e. The van der Waals surface area contributed by atoms with Gasteiger partial charge in [-0.3, -0.25) is 4.79 Å². The standard InChI is InChI=1S/C15H22O3/c1-12(2)17-9-10-18-15(16)8-7-14-6-4-5-13(3)11-14/h4-6,11-12H,7-10H2,1-3H3. The molecule has 0 bridgehead atoms. The van der Waals surface area contributed by atoms with Crippen LogP contribution in [0.5, 0.6) is 0 Å². The van der Waals surface area contributed by atoms with Crippen molar-refractivity contribution in [3.05, 3.63) is 35.4 Å². The van der Waals surface area contributed by atoms with E-state index in [1.807, 2.05) is 39.0 Å². The lowest BCUT2D eigenvalue weighted by atomic mass is 10.1. The summed E-state index contributed by atoms with van der Waals surface area (Å²) < 4.78 is 10.4. The zero-order valence-electron chi connectivity index (χ0n) is 11.4. The fourth-order valence-electron chi connectivity index (χ4n) is 1.63. The largest absolute Gasteiger partial charge is 0.463 e. The van der Waals surface area contributed by atoms with Crippen LogP contribution in [0, 0.1) is 6.92 Å². The van der Waals surface area contributed by atoms with E-state index < -0.39 is 0 Å². The van der Waals surface area contributed by atoms with E-state index in [0.29, 0.717) is 19.6 Å². The SMILES string of the molecule is Cc1cccc(CCC(=O)OCCOC(C)C)c1. The molecule has 0 saturated heterocycles. The molecule has 100 valence electrons. The molecule has 1 aromatic rings. The second kappa shape index (κ2) is 7.88. The third kappa shape index (κ3) is 6.40. The van der Waals surface area contributed by atoms with Crippen LogP contribution in [0.3, 0.4) is 0 Å². The van der Waals surface area contributed by atoms with Crippen molar-refractivity contribution in [2.24, 2.45) is 0 Å². The number of ether oxygens (including phenoxy) is 2. The zero-order chi connectivity index (χ0) is 13.4. The average Bonchev–Trinajstić information content (AvgIpc) is 2.32. The Labute approximate surface area is 109 Å². The summed E-state index contributed by atoms with van der Waals surface area (Å²) in [5.41, 5.74) is 2.39. The van der Waals surface area contributed by atoms with Crippen LogP contribution in [0.15, 0.2) is 24.3 Å². The molecule has 3 heteroatoms. The molecule has 0 N–H and O–H groups in total. The zero-order valence-corrected chi connectivity index (χ0v) is 11.4. The summed E-state index contributed by atoms with van der Waals surface area (Å²) in [6.45, 7) is 6.77. The second-order valence-corrected chi connectivity index (χ2v) is 4.63. The minimum absolute atomic E-state index is 0.163. The highest BCUT2D eigenvalue weighted by atomic mass is 16.6. The van der Waals surface area contributed by atoms with Gasteiger partial charge in [0.2, 0.25) is 0 Å². The van der Waals surface area contributed by atoms with Gasteiger partial charge in [0.05, 0.1) is 12.7 Å². The van der Waals surface area contributed by atoms with Crippen molar-refractivity contribution >= 4 is 5.97 Å². The maximum Gasteiger partial charge on any atom is 0.306 e. The highest BCUT2D eigenvalue weighted by Gasteiger charge is 2.04. The molecule has 0 aliphatic heterocycles. The Hall–Kier alpha value is -1.35. The lowest BCUT2D eigenvalue weighted by Crippen LogP contribution is -2.13. The Kier molecular flexibility index (Phi) is 6.44. The molecular weight excluding hydrogens is 228 g/mol. The third-order valence-electron chi connectivity index (χ3n) is 2.50. The molecule has 3 nitrogen and oxygen atoms in total. The van der Waals surface area contributed by atoms with Gasteiger partial charge in [0.15, 0.2) is 0 Å². The highest BCUT2D eigenvalue weighted by Crippen LogP contribution is 2.07. The summed E-state index contributed by atoms with van der Waals surface area (Å²) in [5, 5.41) is 0. The number of rotatable bonds is 7. The van der Waals surface area contributed by atoms with E-state index in [1.165, 1.54) is 11.1 Å². The molecule has 0 aliphatic rings. The van der Waals surface area contributed by atoms with E-state index in [0.717, 1.165) is 6.42 Å². The van der Waals surface area contributed by atoms with Gasteiger partial charge in [-0.25, -0.2) is 0 Å². The van der Waals surface area contributed by atoms with Crippen LogP contribution < -0.4 is 0 Å². The van der Waals surface area contributed by atoms with Crippen LogP contribution in [-0.2, 0) is 20.7 Å². The van der Waals surface area contributed by atoms with Crippen molar-refractivity contribution in [2.45, 2.75) is 39.7 Å². The number of benzene rings is 1. The maximum absolute atomic E-state index is 11.5. The van der Waals surface area contributed by atoms with Crippen LogP contribution in [0.4, 0.5) is 0 Å². The van der Waals surface area contributed by atoms with Gasteiger partial charge in [0, 0.05) is 6.42 Å². The van der Waals surface area contributed by atoms with Gasteiger partial charge in [-0.05, 0) is 32.8 Å². The molecule has 0 heterocycles. The molecule has 0 aromatic heterocycles. The van der Waals surface area contributed by atoms with E-state index in [2.05, 4.69) is 6.07 Å². The fraction of sp³-hybridized carbons (Fsp3) is 0.533. The normalized spacial score (nSPS) is 10.7. The number of carbonyl (C=O) groups is 1. The lowest BCUT2D eigenvalue weighted by molar-refractivity contribution is -0.145. The Balaban J connectivity index is 2.17. The van der Waals surface area contributed by atoms with Gasteiger partial charge in [-0.15, -0.1) is 0 Å². The van der Waals surface area contributed by atoms with Crippen molar-refractivity contribution < 1.29 is 14.3 Å². The molecule has 0 spiro atoms. The van der Waals surface area contributed by atoms with Crippen LogP contribution in [0.2, 0.25) is 0 Å². The quantitative estimate of drug-likeness (QED) is 0.551. The van der Waals surface area contributed by atoms with Crippen LogP contribution in [-0.4, -0.2) is 25.3 Å². The Morgan fingerprint density at radius 2 is 2.06 bits per heavy atom. The summed E-state index contributed by atoms with van der Waals surface area (Å²) >= 11 is 0. The number of aryl methyl sites for hydroxylation is 2. The molecule has 0 radical (unpaired) electrons. The van der Waals surface area contributed by atoms with Crippen molar-refractivity contribution in [3.8, 4) is 0 Å². The van der Waals surface area contributed by atoms with Crippen LogP contribution >= 0.6 is 0 Å². The Morgan fingerprint density at radius 3 is 2.72 bits per heavy atom. The molecule has 0 saturated carbocycles. The molecule has 1 rings (SSSR count). The molecule has 0 atom stereocenters. The predicted octanol–water partition coefficient (Wildman–Crippen LogP) is 2.90. The first-order valence-corrected chi connectivity index (χ1v) is 6.40. The number of esters is 1. The molecule has 1 aromatic carbocycles. The number of hydrogen-bond acceptors (Lipinski definition) is 3.